The molecule has 0 fully saturated rings. The minimum Gasteiger partial charge on any atom is -0.455 e. The Labute approximate surface area is 119 Å². The number of halogens is 3. The molecular formula is C15H11F3N2O. The van der Waals surface area contributed by atoms with Crippen molar-refractivity contribution in [2.45, 2.75) is 12.6 Å². The zero-order valence-corrected chi connectivity index (χ0v) is 10.8. The number of hydrogen-bond acceptors (Lipinski definition) is 3. The minimum atomic E-state index is -4.44. The summed E-state index contributed by atoms with van der Waals surface area (Å²) in [6.45, 7) is 0. The van der Waals surface area contributed by atoms with E-state index < -0.39 is 11.7 Å². The van der Waals surface area contributed by atoms with Gasteiger partial charge in [0, 0.05) is 0 Å². The molecule has 0 bridgehead atoms. The Bertz CT molecular complexity index is 673. The predicted octanol–water partition coefficient (Wildman–Crippen LogP) is 4.15. The van der Waals surface area contributed by atoms with E-state index in [4.69, 9.17) is 15.7 Å². The Morgan fingerprint density at radius 2 is 1.76 bits per heavy atom. The fourth-order valence-corrected chi connectivity index (χ4v) is 1.71. The van der Waals surface area contributed by atoms with Gasteiger partial charge in [0.25, 0.3) is 0 Å². The standard InChI is InChI=1S/C15H11F3N2O/c16-15(17,18)11-3-6-14(13(20)9-11)21-12-4-1-10(2-5-12)7-8-19/h1-6,9H,7,20H2. The minimum absolute atomic E-state index is 0.0917. The molecule has 2 rings (SSSR count). The second-order valence-corrected chi connectivity index (χ2v) is 4.33. The van der Waals surface area contributed by atoms with E-state index in [0.29, 0.717) is 5.75 Å². The van der Waals surface area contributed by atoms with Gasteiger partial charge in [-0.1, -0.05) is 12.1 Å². The van der Waals surface area contributed by atoms with Gasteiger partial charge in [0.05, 0.1) is 23.7 Å². The molecule has 2 aromatic rings. The van der Waals surface area contributed by atoms with Gasteiger partial charge in [-0.2, -0.15) is 18.4 Å². The van der Waals surface area contributed by atoms with Crippen LogP contribution in [0.1, 0.15) is 11.1 Å². The molecule has 0 saturated heterocycles. The highest BCUT2D eigenvalue weighted by atomic mass is 19.4. The third-order valence-corrected chi connectivity index (χ3v) is 2.77. The summed E-state index contributed by atoms with van der Waals surface area (Å²) in [5, 5.41) is 8.56. The van der Waals surface area contributed by atoms with Crippen molar-refractivity contribution in [3.8, 4) is 17.6 Å². The zero-order chi connectivity index (χ0) is 15.5. The number of hydrogen-bond donors (Lipinski definition) is 1. The molecule has 0 spiro atoms. The van der Waals surface area contributed by atoms with E-state index in [2.05, 4.69) is 0 Å². The highest BCUT2D eigenvalue weighted by Crippen LogP contribution is 2.35. The summed E-state index contributed by atoms with van der Waals surface area (Å²) >= 11 is 0. The van der Waals surface area contributed by atoms with Crippen molar-refractivity contribution in [1.82, 2.24) is 0 Å². The van der Waals surface area contributed by atoms with Crippen LogP contribution in [-0.4, -0.2) is 0 Å². The topological polar surface area (TPSA) is 59.0 Å². The van der Waals surface area contributed by atoms with Crippen LogP contribution in [0.3, 0.4) is 0 Å². The molecule has 0 saturated carbocycles. The SMILES string of the molecule is N#CCc1ccc(Oc2ccc(C(F)(F)F)cc2N)cc1. The van der Waals surface area contributed by atoms with Crippen molar-refractivity contribution in [2.24, 2.45) is 0 Å². The van der Waals surface area contributed by atoms with E-state index in [-0.39, 0.29) is 17.9 Å². The number of nitrogen functional groups attached to an aromatic ring is 1. The molecule has 0 aliphatic heterocycles. The van der Waals surface area contributed by atoms with Gasteiger partial charge in [0.15, 0.2) is 0 Å². The molecule has 0 aliphatic carbocycles. The van der Waals surface area contributed by atoms with Crippen LogP contribution in [0.25, 0.3) is 0 Å². The summed E-state index contributed by atoms with van der Waals surface area (Å²) in [4.78, 5) is 0. The molecule has 0 atom stereocenters. The first kappa shape index (κ1) is 14.7. The maximum Gasteiger partial charge on any atom is 0.416 e. The summed E-state index contributed by atoms with van der Waals surface area (Å²) in [6, 6.07) is 11.6. The van der Waals surface area contributed by atoms with Crippen LogP contribution >= 0.6 is 0 Å². The normalized spacial score (nSPS) is 11.0. The molecule has 6 heteroatoms. The Balaban J connectivity index is 2.18. The average Bonchev–Trinajstić information content (AvgIpc) is 2.42. The van der Waals surface area contributed by atoms with Crippen molar-refractivity contribution in [3.63, 3.8) is 0 Å². The molecule has 0 amide bonds. The van der Waals surface area contributed by atoms with E-state index in [0.717, 1.165) is 17.7 Å². The molecular weight excluding hydrogens is 281 g/mol. The maximum atomic E-state index is 12.5. The molecule has 2 N–H and O–H groups in total. The van der Waals surface area contributed by atoms with Gasteiger partial charge in [0.2, 0.25) is 0 Å². The predicted molar refractivity (Wildman–Crippen MR) is 71.7 cm³/mol. The number of benzene rings is 2. The van der Waals surface area contributed by atoms with E-state index in [9.17, 15) is 13.2 Å². The quantitative estimate of drug-likeness (QED) is 0.865. The van der Waals surface area contributed by atoms with Crippen molar-refractivity contribution < 1.29 is 17.9 Å². The molecule has 108 valence electrons. The lowest BCUT2D eigenvalue weighted by molar-refractivity contribution is -0.137. The number of alkyl halides is 3. The van der Waals surface area contributed by atoms with E-state index in [1.165, 1.54) is 6.07 Å². The monoisotopic (exact) mass is 292 g/mol. The van der Waals surface area contributed by atoms with E-state index >= 15 is 0 Å². The zero-order valence-electron chi connectivity index (χ0n) is 10.8. The molecule has 0 heterocycles. The highest BCUT2D eigenvalue weighted by Gasteiger charge is 2.30. The highest BCUT2D eigenvalue weighted by molar-refractivity contribution is 5.56. The maximum absolute atomic E-state index is 12.5. The molecule has 3 nitrogen and oxygen atoms in total. The van der Waals surface area contributed by atoms with Crippen LogP contribution < -0.4 is 10.5 Å². The third-order valence-electron chi connectivity index (χ3n) is 2.77. The smallest absolute Gasteiger partial charge is 0.416 e. The number of nitrogens with two attached hydrogens (primary N) is 1. The van der Waals surface area contributed by atoms with Gasteiger partial charge >= 0.3 is 6.18 Å². The summed E-state index contributed by atoms with van der Waals surface area (Å²) in [7, 11) is 0. The van der Waals surface area contributed by atoms with Crippen molar-refractivity contribution >= 4 is 5.69 Å². The Hall–Kier alpha value is -2.68. The van der Waals surface area contributed by atoms with Gasteiger partial charge in [-0.15, -0.1) is 0 Å². The van der Waals surface area contributed by atoms with E-state index in [1.807, 2.05) is 6.07 Å². The lowest BCUT2D eigenvalue weighted by Crippen LogP contribution is -2.05. The van der Waals surface area contributed by atoms with Crippen LogP contribution in [-0.2, 0) is 12.6 Å². The van der Waals surface area contributed by atoms with Crippen LogP contribution in [0.15, 0.2) is 42.5 Å². The fourth-order valence-electron chi connectivity index (χ4n) is 1.71. The van der Waals surface area contributed by atoms with Gasteiger partial charge in [-0.3, -0.25) is 0 Å². The first-order chi connectivity index (χ1) is 9.90. The average molecular weight is 292 g/mol. The van der Waals surface area contributed by atoms with Crippen molar-refractivity contribution in [1.29, 1.82) is 5.26 Å². The second kappa shape index (κ2) is 5.75. The molecule has 2 aromatic carbocycles. The number of ether oxygens (including phenoxy) is 1. The molecule has 0 aliphatic rings. The number of anilines is 1. The molecule has 0 radical (unpaired) electrons. The van der Waals surface area contributed by atoms with Crippen molar-refractivity contribution in [2.75, 3.05) is 5.73 Å². The van der Waals surface area contributed by atoms with Gasteiger partial charge in [-0.25, -0.2) is 0 Å². The van der Waals surface area contributed by atoms with Gasteiger partial charge < -0.3 is 10.5 Å². The van der Waals surface area contributed by atoms with Crippen LogP contribution in [0.4, 0.5) is 18.9 Å². The Kier molecular flexibility index (Phi) is 4.03. The van der Waals surface area contributed by atoms with Gasteiger partial charge in [-0.05, 0) is 35.9 Å². The first-order valence-electron chi connectivity index (χ1n) is 6.00. The van der Waals surface area contributed by atoms with Gasteiger partial charge in [0.1, 0.15) is 11.5 Å². The summed E-state index contributed by atoms with van der Waals surface area (Å²) in [6.07, 6.45) is -4.16. The number of nitriles is 1. The van der Waals surface area contributed by atoms with Crippen LogP contribution in [0.2, 0.25) is 0 Å². The molecule has 0 aromatic heterocycles. The number of nitrogens with zero attached hydrogens (tertiary/aromatic N) is 1. The van der Waals surface area contributed by atoms with Crippen molar-refractivity contribution in [3.05, 3.63) is 53.6 Å². The Morgan fingerprint density at radius 3 is 2.29 bits per heavy atom. The molecule has 21 heavy (non-hydrogen) atoms. The largest absolute Gasteiger partial charge is 0.455 e. The van der Waals surface area contributed by atoms with Crippen LogP contribution in [0, 0.1) is 11.3 Å². The van der Waals surface area contributed by atoms with E-state index in [1.54, 1.807) is 24.3 Å². The summed E-state index contributed by atoms with van der Waals surface area (Å²) in [5.74, 6) is 0.583. The number of rotatable bonds is 3. The lowest BCUT2D eigenvalue weighted by Gasteiger charge is -2.12. The Morgan fingerprint density at radius 1 is 1.10 bits per heavy atom. The third kappa shape index (κ3) is 3.66. The lowest BCUT2D eigenvalue weighted by atomic mass is 10.1. The second-order valence-electron chi connectivity index (χ2n) is 4.33. The first-order valence-corrected chi connectivity index (χ1v) is 6.00. The molecule has 0 unspecified atom stereocenters. The summed E-state index contributed by atoms with van der Waals surface area (Å²) < 4.78 is 43.0. The summed E-state index contributed by atoms with van der Waals surface area (Å²) in [5.41, 5.74) is 5.49. The fraction of sp³-hybridized carbons (Fsp3) is 0.133. The van der Waals surface area contributed by atoms with Crippen LogP contribution in [0.5, 0.6) is 11.5 Å².